The van der Waals surface area contributed by atoms with Crippen molar-refractivity contribution in [3.05, 3.63) is 34.6 Å². The molecule has 1 N–H and O–H groups in total. The van der Waals surface area contributed by atoms with Crippen LogP contribution in [0.5, 0.6) is 0 Å². The van der Waals surface area contributed by atoms with Crippen LogP contribution < -0.4 is 15.8 Å². The average Bonchev–Trinajstić information content (AvgIpc) is 2.46. The Hall–Kier alpha value is -2.81. The van der Waals surface area contributed by atoms with Crippen molar-refractivity contribution in [3.63, 3.8) is 0 Å². The number of para-hydroxylation sites is 1. The molecule has 108 valence electrons. The van der Waals surface area contributed by atoms with Crippen LogP contribution in [0, 0.1) is 18.3 Å². The topological polar surface area (TPSA) is 68.5 Å². The van der Waals surface area contributed by atoms with E-state index < -0.39 is 0 Å². The lowest BCUT2D eigenvalue weighted by molar-refractivity contribution is 0.134. The SMILES string of the molecule is C#CCOn1c(N/N=C/C(C)C)nc2ccccc2c1=O. The van der Waals surface area contributed by atoms with Gasteiger partial charge in [0.1, 0.15) is 0 Å². The lowest BCUT2D eigenvalue weighted by Gasteiger charge is -2.11. The molecule has 6 nitrogen and oxygen atoms in total. The number of benzene rings is 1. The van der Waals surface area contributed by atoms with Crippen molar-refractivity contribution in [1.29, 1.82) is 0 Å². The Balaban J connectivity index is 2.50. The maximum Gasteiger partial charge on any atom is 0.296 e. The third-order valence-corrected chi connectivity index (χ3v) is 2.55. The van der Waals surface area contributed by atoms with E-state index >= 15 is 0 Å². The van der Waals surface area contributed by atoms with Gasteiger partial charge in [-0.3, -0.25) is 4.79 Å². The van der Waals surface area contributed by atoms with Gasteiger partial charge in [0, 0.05) is 6.21 Å². The van der Waals surface area contributed by atoms with Crippen LogP contribution in [0.15, 0.2) is 34.2 Å². The van der Waals surface area contributed by atoms with Crippen LogP contribution in [-0.4, -0.2) is 22.5 Å². The summed E-state index contributed by atoms with van der Waals surface area (Å²) in [5, 5.41) is 4.48. The summed E-state index contributed by atoms with van der Waals surface area (Å²) in [6, 6.07) is 7.00. The summed E-state index contributed by atoms with van der Waals surface area (Å²) in [5.41, 5.74) is 2.94. The highest BCUT2D eigenvalue weighted by Crippen LogP contribution is 2.10. The minimum absolute atomic E-state index is 0.0392. The third-order valence-electron chi connectivity index (χ3n) is 2.55. The molecule has 0 unspecified atom stereocenters. The molecule has 1 heterocycles. The largest absolute Gasteiger partial charge is 0.394 e. The van der Waals surface area contributed by atoms with Gasteiger partial charge in [-0.25, -0.2) is 10.4 Å². The molecule has 0 radical (unpaired) electrons. The first-order valence-electron chi connectivity index (χ1n) is 6.51. The normalized spacial score (nSPS) is 11.0. The number of hydrogen-bond acceptors (Lipinski definition) is 5. The molecule has 0 aliphatic heterocycles. The molecule has 0 fully saturated rings. The monoisotopic (exact) mass is 284 g/mol. The smallest absolute Gasteiger partial charge is 0.296 e. The van der Waals surface area contributed by atoms with E-state index in [1.807, 2.05) is 19.9 Å². The maximum absolute atomic E-state index is 12.4. The number of fused-ring (bicyclic) bond motifs is 1. The van der Waals surface area contributed by atoms with Gasteiger partial charge in [0.05, 0.1) is 10.9 Å². The Morgan fingerprint density at radius 2 is 2.29 bits per heavy atom. The van der Waals surface area contributed by atoms with Crippen molar-refractivity contribution in [2.24, 2.45) is 11.0 Å². The van der Waals surface area contributed by atoms with Gasteiger partial charge in [-0.2, -0.15) is 5.10 Å². The standard InChI is InChI=1S/C15H16N4O2/c1-4-9-21-19-14(20)12-7-5-6-8-13(12)17-15(19)18-16-10-11(2)3/h1,5-8,10-11H,9H2,2-3H3,(H,17,18)/b16-10+. The molecular formula is C15H16N4O2. The van der Waals surface area contributed by atoms with Crippen molar-refractivity contribution in [2.75, 3.05) is 12.0 Å². The fourth-order valence-corrected chi connectivity index (χ4v) is 1.65. The molecule has 0 saturated heterocycles. The number of nitrogens with zero attached hydrogens (tertiary/aromatic N) is 3. The quantitative estimate of drug-likeness (QED) is 0.513. The van der Waals surface area contributed by atoms with Crippen molar-refractivity contribution >= 4 is 23.1 Å². The van der Waals surface area contributed by atoms with Gasteiger partial charge in [-0.15, -0.1) is 11.2 Å². The summed E-state index contributed by atoms with van der Waals surface area (Å²) in [6.07, 6.45) is 6.87. The van der Waals surface area contributed by atoms with Gasteiger partial charge in [-0.05, 0) is 18.1 Å². The summed E-state index contributed by atoms with van der Waals surface area (Å²) in [6.45, 7) is 3.93. The van der Waals surface area contributed by atoms with E-state index in [2.05, 4.69) is 21.4 Å². The molecule has 0 aliphatic carbocycles. The van der Waals surface area contributed by atoms with E-state index in [0.29, 0.717) is 10.9 Å². The van der Waals surface area contributed by atoms with Crippen LogP contribution >= 0.6 is 0 Å². The van der Waals surface area contributed by atoms with Crippen molar-refractivity contribution < 1.29 is 4.84 Å². The van der Waals surface area contributed by atoms with Gasteiger partial charge in [0.15, 0.2) is 6.61 Å². The molecule has 0 saturated carbocycles. The van der Waals surface area contributed by atoms with Crippen LogP contribution in [0.25, 0.3) is 10.9 Å². The fraction of sp³-hybridized carbons (Fsp3) is 0.267. The molecule has 0 amide bonds. The zero-order valence-corrected chi connectivity index (χ0v) is 11.9. The third kappa shape index (κ3) is 3.39. The molecule has 1 aromatic carbocycles. The summed E-state index contributed by atoms with van der Waals surface area (Å²) < 4.78 is 1.03. The average molecular weight is 284 g/mol. The first kappa shape index (κ1) is 14.6. The summed E-state index contributed by atoms with van der Waals surface area (Å²) in [7, 11) is 0. The van der Waals surface area contributed by atoms with Gasteiger partial charge >= 0.3 is 0 Å². The first-order chi connectivity index (χ1) is 10.1. The zero-order chi connectivity index (χ0) is 15.2. The molecule has 0 spiro atoms. The van der Waals surface area contributed by atoms with E-state index in [4.69, 9.17) is 11.3 Å². The van der Waals surface area contributed by atoms with Crippen LogP contribution in [0.1, 0.15) is 13.8 Å². The van der Waals surface area contributed by atoms with Gasteiger partial charge in [-0.1, -0.05) is 31.9 Å². The molecule has 6 heteroatoms. The molecule has 2 aromatic rings. The number of anilines is 1. The minimum atomic E-state index is -0.335. The van der Waals surface area contributed by atoms with Crippen LogP contribution in [-0.2, 0) is 0 Å². The molecule has 0 aliphatic rings. The van der Waals surface area contributed by atoms with E-state index in [-0.39, 0.29) is 24.0 Å². The van der Waals surface area contributed by atoms with Crippen LogP contribution in [0.4, 0.5) is 5.95 Å². The van der Waals surface area contributed by atoms with Gasteiger partial charge < -0.3 is 4.84 Å². The Bertz CT molecular complexity index is 756. The molecule has 0 bridgehead atoms. The predicted octanol–water partition coefficient (Wildman–Crippen LogP) is 1.51. The van der Waals surface area contributed by atoms with Crippen molar-refractivity contribution in [2.45, 2.75) is 13.8 Å². The second-order valence-electron chi connectivity index (χ2n) is 4.66. The molecule has 0 atom stereocenters. The summed E-state index contributed by atoms with van der Waals surface area (Å²) in [4.78, 5) is 22.0. The molecule has 1 aromatic heterocycles. The van der Waals surface area contributed by atoms with Gasteiger partial charge in [0.2, 0.25) is 0 Å². The highest BCUT2D eigenvalue weighted by atomic mass is 16.7. The maximum atomic E-state index is 12.4. The second kappa shape index (κ2) is 6.57. The number of hydrogen-bond donors (Lipinski definition) is 1. The van der Waals surface area contributed by atoms with Crippen LogP contribution in [0.3, 0.4) is 0 Å². The second-order valence-corrected chi connectivity index (χ2v) is 4.66. The molecular weight excluding hydrogens is 268 g/mol. The fourth-order valence-electron chi connectivity index (χ4n) is 1.65. The minimum Gasteiger partial charge on any atom is -0.394 e. The zero-order valence-electron chi connectivity index (χ0n) is 11.9. The summed E-state index contributed by atoms with van der Waals surface area (Å²) >= 11 is 0. The Labute approximate surface area is 122 Å². The number of rotatable bonds is 5. The van der Waals surface area contributed by atoms with E-state index in [1.165, 1.54) is 0 Å². The van der Waals surface area contributed by atoms with Gasteiger partial charge in [0.25, 0.3) is 11.5 Å². The Morgan fingerprint density at radius 3 is 3.00 bits per heavy atom. The van der Waals surface area contributed by atoms with E-state index in [9.17, 15) is 4.79 Å². The molecule has 2 rings (SSSR count). The van der Waals surface area contributed by atoms with E-state index in [0.717, 1.165) is 4.73 Å². The van der Waals surface area contributed by atoms with Crippen molar-refractivity contribution in [1.82, 2.24) is 9.71 Å². The highest BCUT2D eigenvalue weighted by molar-refractivity contribution is 5.78. The Morgan fingerprint density at radius 1 is 1.52 bits per heavy atom. The lowest BCUT2D eigenvalue weighted by Crippen LogP contribution is -2.30. The highest BCUT2D eigenvalue weighted by Gasteiger charge is 2.11. The molecule has 21 heavy (non-hydrogen) atoms. The number of nitrogens with one attached hydrogen (secondary N) is 1. The van der Waals surface area contributed by atoms with Crippen molar-refractivity contribution in [3.8, 4) is 12.3 Å². The first-order valence-corrected chi connectivity index (χ1v) is 6.51. The summed E-state index contributed by atoms with van der Waals surface area (Å²) in [5.74, 6) is 2.77. The Kier molecular flexibility index (Phi) is 4.57. The number of hydrazone groups is 1. The number of terminal acetylenes is 1. The van der Waals surface area contributed by atoms with Crippen LogP contribution in [0.2, 0.25) is 0 Å². The lowest BCUT2D eigenvalue weighted by atomic mass is 10.2. The number of aromatic nitrogens is 2. The van der Waals surface area contributed by atoms with E-state index in [1.54, 1.807) is 24.4 Å². The predicted molar refractivity (Wildman–Crippen MR) is 83.2 cm³/mol.